The summed E-state index contributed by atoms with van der Waals surface area (Å²) in [6.07, 6.45) is 4.29. The largest absolute Gasteiger partial charge is 0.248 e. The summed E-state index contributed by atoms with van der Waals surface area (Å²) < 4.78 is 28.5. The quantitative estimate of drug-likeness (QED) is 0.794. The predicted octanol–water partition coefficient (Wildman–Crippen LogP) is 2.53. The standard InChI is InChI=1S/C11H13F2N5S/c1-19-10-9-17-16-8(18(9)15-6-14-10)7-3-2-4-11(12,13)5-7/h6-7H,2-5H2,1H3. The van der Waals surface area contributed by atoms with Gasteiger partial charge in [0.05, 0.1) is 0 Å². The summed E-state index contributed by atoms with van der Waals surface area (Å²) in [5.74, 6) is -2.38. The Bertz CT molecular complexity index is 600. The fraction of sp³-hybridized carbons (Fsp3) is 0.636. The number of aromatic nitrogens is 5. The smallest absolute Gasteiger partial charge is 0.224 e. The topological polar surface area (TPSA) is 56.0 Å². The predicted molar refractivity (Wildman–Crippen MR) is 66.5 cm³/mol. The number of halogens is 2. The fourth-order valence-electron chi connectivity index (χ4n) is 2.52. The highest BCUT2D eigenvalue weighted by molar-refractivity contribution is 7.98. The van der Waals surface area contributed by atoms with Crippen LogP contribution in [-0.2, 0) is 0 Å². The lowest BCUT2D eigenvalue weighted by atomic mass is 9.86. The minimum absolute atomic E-state index is 0.0364. The Kier molecular flexibility index (Phi) is 3.12. The van der Waals surface area contributed by atoms with E-state index in [0.717, 1.165) is 0 Å². The van der Waals surface area contributed by atoms with Crippen LogP contribution in [0.25, 0.3) is 5.65 Å². The minimum atomic E-state index is -2.61. The molecule has 0 spiro atoms. The van der Waals surface area contributed by atoms with E-state index in [0.29, 0.717) is 29.3 Å². The molecule has 2 heterocycles. The van der Waals surface area contributed by atoms with Gasteiger partial charge in [-0.25, -0.2) is 13.8 Å². The van der Waals surface area contributed by atoms with Crippen LogP contribution in [0.3, 0.4) is 0 Å². The minimum Gasteiger partial charge on any atom is -0.224 e. The van der Waals surface area contributed by atoms with Gasteiger partial charge in [0.25, 0.3) is 0 Å². The Morgan fingerprint density at radius 3 is 3.00 bits per heavy atom. The van der Waals surface area contributed by atoms with Crippen molar-refractivity contribution in [3.63, 3.8) is 0 Å². The molecular formula is C11H13F2N5S. The summed E-state index contributed by atoms with van der Waals surface area (Å²) in [5.41, 5.74) is 0.541. The fourth-order valence-corrected chi connectivity index (χ4v) is 2.98. The summed E-state index contributed by atoms with van der Waals surface area (Å²) in [6, 6.07) is 0. The maximum atomic E-state index is 13.5. The third kappa shape index (κ3) is 2.29. The normalized spacial score (nSPS) is 22.8. The maximum absolute atomic E-state index is 13.5. The Morgan fingerprint density at radius 2 is 2.26 bits per heavy atom. The molecule has 0 bridgehead atoms. The molecule has 102 valence electrons. The highest BCUT2D eigenvalue weighted by Gasteiger charge is 2.38. The molecule has 0 aromatic carbocycles. The second kappa shape index (κ2) is 4.66. The van der Waals surface area contributed by atoms with E-state index in [1.165, 1.54) is 18.1 Å². The first-order chi connectivity index (χ1) is 9.11. The summed E-state index contributed by atoms with van der Waals surface area (Å²) in [5, 5.41) is 12.9. The van der Waals surface area contributed by atoms with Crippen LogP contribution in [0, 0.1) is 0 Å². The number of hydrogen-bond donors (Lipinski definition) is 0. The van der Waals surface area contributed by atoms with Gasteiger partial charge in [0, 0.05) is 18.8 Å². The Hall–Kier alpha value is -1.31. The zero-order chi connectivity index (χ0) is 13.5. The summed E-state index contributed by atoms with van der Waals surface area (Å²) >= 11 is 1.44. The van der Waals surface area contributed by atoms with Gasteiger partial charge in [-0.2, -0.15) is 9.61 Å². The summed E-state index contributed by atoms with van der Waals surface area (Å²) in [4.78, 5) is 4.09. The van der Waals surface area contributed by atoms with E-state index in [1.807, 2.05) is 6.26 Å². The highest BCUT2D eigenvalue weighted by atomic mass is 32.2. The van der Waals surface area contributed by atoms with E-state index in [9.17, 15) is 8.78 Å². The number of thioether (sulfide) groups is 1. The highest BCUT2D eigenvalue weighted by Crippen LogP contribution is 2.41. The van der Waals surface area contributed by atoms with Crippen molar-refractivity contribution < 1.29 is 8.78 Å². The molecule has 0 saturated heterocycles. The van der Waals surface area contributed by atoms with Gasteiger partial charge in [0.1, 0.15) is 11.4 Å². The lowest BCUT2D eigenvalue weighted by Crippen LogP contribution is -2.26. The van der Waals surface area contributed by atoms with Crippen molar-refractivity contribution in [3.05, 3.63) is 12.2 Å². The summed E-state index contributed by atoms with van der Waals surface area (Å²) in [7, 11) is 0. The van der Waals surface area contributed by atoms with E-state index in [-0.39, 0.29) is 18.8 Å². The Morgan fingerprint density at radius 1 is 1.42 bits per heavy atom. The van der Waals surface area contributed by atoms with E-state index in [4.69, 9.17) is 0 Å². The van der Waals surface area contributed by atoms with Gasteiger partial charge in [0.2, 0.25) is 11.6 Å². The number of nitrogens with zero attached hydrogens (tertiary/aromatic N) is 5. The molecule has 0 amide bonds. The zero-order valence-electron chi connectivity index (χ0n) is 10.4. The number of alkyl halides is 2. The molecule has 1 aliphatic rings. The second-order valence-corrected chi connectivity index (χ2v) is 5.51. The molecule has 1 fully saturated rings. The van der Waals surface area contributed by atoms with Crippen LogP contribution in [0.15, 0.2) is 11.4 Å². The maximum Gasteiger partial charge on any atom is 0.248 e. The van der Waals surface area contributed by atoms with Gasteiger partial charge in [0.15, 0.2) is 5.82 Å². The molecule has 5 nitrogen and oxygen atoms in total. The average Bonchev–Trinajstić information content (AvgIpc) is 2.81. The summed E-state index contributed by atoms with van der Waals surface area (Å²) in [6.45, 7) is 0. The van der Waals surface area contributed by atoms with Gasteiger partial charge in [-0.05, 0) is 19.1 Å². The third-order valence-corrected chi connectivity index (χ3v) is 4.07. The Labute approximate surface area is 112 Å². The molecule has 1 unspecified atom stereocenters. The molecule has 1 saturated carbocycles. The molecule has 2 aromatic rings. The van der Waals surface area contributed by atoms with Crippen molar-refractivity contribution in [1.29, 1.82) is 0 Å². The van der Waals surface area contributed by atoms with Crippen LogP contribution in [-0.4, -0.2) is 37.0 Å². The number of fused-ring (bicyclic) bond motifs is 1. The lowest BCUT2D eigenvalue weighted by molar-refractivity contribution is -0.0419. The lowest BCUT2D eigenvalue weighted by Gasteiger charge is -2.27. The average molecular weight is 285 g/mol. The molecule has 0 radical (unpaired) electrons. The monoisotopic (exact) mass is 285 g/mol. The molecule has 8 heteroatoms. The van der Waals surface area contributed by atoms with Gasteiger partial charge < -0.3 is 0 Å². The van der Waals surface area contributed by atoms with E-state index < -0.39 is 5.92 Å². The molecule has 2 aromatic heterocycles. The zero-order valence-corrected chi connectivity index (χ0v) is 11.2. The Balaban J connectivity index is 2.01. The number of hydrogen-bond acceptors (Lipinski definition) is 5. The number of rotatable bonds is 2. The van der Waals surface area contributed by atoms with Crippen LogP contribution >= 0.6 is 11.8 Å². The molecule has 3 rings (SSSR count). The van der Waals surface area contributed by atoms with Crippen molar-refractivity contribution in [2.24, 2.45) is 0 Å². The molecule has 0 N–H and O–H groups in total. The van der Waals surface area contributed by atoms with Crippen LogP contribution in [0.1, 0.15) is 37.4 Å². The first kappa shape index (κ1) is 12.7. The van der Waals surface area contributed by atoms with Crippen molar-refractivity contribution in [2.75, 3.05) is 6.26 Å². The van der Waals surface area contributed by atoms with Crippen molar-refractivity contribution in [1.82, 2.24) is 24.8 Å². The second-order valence-electron chi connectivity index (χ2n) is 4.71. The van der Waals surface area contributed by atoms with Gasteiger partial charge in [-0.1, -0.05) is 0 Å². The van der Waals surface area contributed by atoms with Gasteiger partial charge in [-0.3, -0.25) is 0 Å². The molecule has 1 aliphatic carbocycles. The van der Waals surface area contributed by atoms with E-state index >= 15 is 0 Å². The van der Waals surface area contributed by atoms with E-state index in [2.05, 4.69) is 20.3 Å². The van der Waals surface area contributed by atoms with Gasteiger partial charge in [-0.15, -0.1) is 22.0 Å². The van der Waals surface area contributed by atoms with Crippen molar-refractivity contribution in [2.45, 2.75) is 42.5 Å². The molecule has 19 heavy (non-hydrogen) atoms. The van der Waals surface area contributed by atoms with Crippen molar-refractivity contribution in [3.8, 4) is 0 Å². The molecule has 1 atom stereocenters. The first-order valence-electron chi connectivity index (χ1n) is 6.09. The molecular weight excluding hydrogens is 272 g/mol. The van der Waals surface area contributed by atoms with Crippen LogP contribution < -0.4 is 0 Å². The van der Waals surface area contributed by atoms with Crippen LogP contribution in [0.5, 0.6) is 0 Å². The van der Waals surface area contributed by atoms with Crippen LogP contribution in [0.4, 0.5) is 8.78 Å². The SMILES string of the molecule is CSc1ncnn2c(C3CCCC(F)(F)C3)nnc12. The van der Waals surface area contributed by atoms with E-state index in [1.54, 1.807) is 4.52 Å². The third-order valence-electron chi connectivity index (χ3n) is 3.40. The van der Waals surface area contributed by atoms with Crippen LogP contribution in [0.2, 0.25) is 0 Å². The first-order valence-corrected chi connectivity index (χ1v) is 7.31. The molecule has 0 aliphatic heterocycles. The van der Waals surface area contributed by atoms with Gasteiger partial charge >= 0.3 is 0 Å². The van der Waals surface area contributed by atoms with Crippen molar-refractivity contribution >= 4 is 17.4 Å².